The summed E-state index contributed by atoms with van der Waals surface area (Å²) < 4.78 is 2.01. The molecule has 3 aromatic heterocycles. The number of nitrogens with one attached hydrogen (secondary N) is 1. The molecular formula is C16H16N4O. The van der Waals surface area contributed by atoms with Gasteiger partial charge in [-0.3, -0.25) is 9.78 Å². The van der Waals surface area contributed by atoms with Gasteiger partial charge in [0.25, 0.3) is 5.91 Å². The van der Waals surface area contributed by atoms with Crippen LogP contribution in [-0.4, -0.2) is 26.8 Å². The van der Waals surface area contributed by atoms with E-state index in [4.69, 9.17) is 0 Å². The zero-order chi connectivity index (χ0) is 14.7. The maximum atomic E-state index is 11.9. The van der Waals surface area contributed by atoms with Gasteiger partial charge >= 0.3 is 0 Å². The molecule has 106 valence electrons. The predicted octanol–water partition coefficient (Wildman–Crippen LogP) is 2.01. The first-order valence-corrected chi connectivity index (χ1v) is 6.85. The number of aryl methyl sites for hydroxylation is 1. The molecule has 1 N–H and O–H groups in total. The van der Waals surface area contributed by atoms with Crippen LogP contribution in [0.4, 0.5) is 0 Å². The van der Waals surface area contributed by atoms with Crippen molar-refractivity contribution < 1.29 is 4.79 Å². The maximum Gasteiger partial charge on any atom is 0.252 e. The topological polar surface area (TPSA) is 59.3 Å². The number of amides is 1. The van der Waals surface area contributed by atoms with Gasteiger partial charge in [0.1, 0.15) is 5.65 Å². The Balaban J connectivity index is 1.60. The van der Waals surface area contributed by atoms with E-state index in [1.165, 1.54) is 5.56 Å². The number of rotatable bonds is 4. The van der Waals surface area contributed by atoms with Crippen molar-refractivity contribution in [2.75, 3.05) is 6.54 Å². The van der Waals surface area contributed by atoms with Crippen molar-refractivity contribution in [1.29, 1.82) is 0 Å². The lowest BCUT2D eigenvalue weighted by Crippen LogP contribution is -2.25. The second kappa shape index (κ2) is 5.75. The molecular weight excluding hydrogens is 264 g/mol. The van der Waals surface area contributed by atoms with Crippen molar-refractivity contribution in [3.63, 3.8) is 0 Å². The molecule has 0 aromatic carbocycles. The number of hydrogen-bond acceptors (Lipinski definition) is 3. The first kappa shape index (κ1) is 13.3. The van der Waals surface area contributed by atoms with Gasteiger partial charge in [-0.25, -0.2) is 4.98 Å². The summed E-state index contributed by atoms with van der Waals surface area (Å²) in [6.07, 6.45) is 7.95. The van der Waals surface area contributed by atoms with Crippen LogP contribution in [0.25, 0.3) is 5.65 Å². The molecule has 0 saturated carbocycles. The van der Waals surface area contributed by atoms with Crippen molar-refractivity contribution >= 4 is 11.6 Å². The molecule has 21 heavy (non-hydrogen) atoms. The Morgan fingerprint density at radius 2 is 2.19 bits per heavy atom. The number of pyridine rings is 2. The monoisotopic (exact) mass is 280 g/mol. The Labute approximate surface area is 122 Å². The van der Waals surface area contributed by atoms with Crippen LogP contribution in [0.5, 0.6) is 0 Å². The van der Waals surface area contributed by atoms with Crippen LogP contribution >= 0.6 is 0 Å². The SMILES string of the molecule is Cc1ccc2nc(CCNC(=O)c3cccnc3)cn2c1. The Morgan fingerprint density at radius 1 is 1.29 bits per heavy atom. The number of carbonyl (C=O) groups excluding carboxylic acids is 1. The molecule has 0 unspecified atom stereocenters. The van der Waals surface area contributed by atoms with Crippen LogP contribution in [0.15, 0.2) is 49.1 Å². The second-order valence-electron chi connectivity index (χ2n) is 4.95. The molecule has 0 aliphatic heterocycles. The lowest BCUT2D eigenvalue weighted by molar-refractivity contribution is 0.0953. The van der Waals surface area contributed by atoms with Gasteiger partial charge in [-0.1, -0.05) is 6.07 Å². The summed E-state index contributed by atoms with van der Waals surface area (Å²) in [5.74, 6) is -0.109. The smallest absolute Gasteiger partial charge is 0.252 e. The number of nitrogens with zero attached hydrogens (tertiary/aromatic N) is 3. The molecule has 5 nitrogen and oxygen atoms in total. The van der Waals surface area contributed by atoms with E-state index in [0.717, 1.165) is 11.3 Å². The Bertz CT molecular complexity index is 764. The van der Waals surface area contributed by atoms with Crippen LogP contribution in [-0.2, 0) is 6.42 Å². The fourth-order valence-corrected chi connectivity index (χ4v) is 2.18. The fraction of sp³-hybridized carbons (Fsp3) is 0.188. The van der Waals surface area contributed by atoms with Crippen LogP contribution in [0.1, 0.15) is 21.6 Å². The summed E-state index contributed by atoms with van der Waals surface area (Å²) >= 11 is 0. The van der Waals surface area contributed by atoms with Crippen molar-refractivity contribution in [1.82, 2.24) is 19.7 Å². The van der Waals surface area contributed by atoms with Gasteiger partial charge in [0.2, 0.25) is 0 Å². The summed E-state index contributed by atoms with van der Waals surface area (Å²) in [4.78, 5) is 20.3. The quantitative estimate of drug-likeness (QED) is 0.795. The standard InChI is InChI=1S/C16H16N4O/c1-12-4-5-15-19-14(11-20(15)10-12)6-8-18-16(21)13-3-2-7-17-9-13/h2-5,7,9-11H,6,8H2,1H3,(H,18,21). The number of aromatic nitrogens is 3. The molecule has 3 aromatic rings. The third-order valence-electron chi connectivity index (χ3n) is 3.24. The molecule has 5 heteroatoms. The van der Waals surface area contributed by atoms with E-state index in [1.54, 1.807) is 24.5 Å². The Hall–Kier alpha value is -2.69. The van der Waals surface area contributed by atoms with Crippen LogP contribution < -0.4 is 5.32 Å². The predicted molar refractivity (Wildman–Crippen MR) is 80.2 cm³/mol. The van der Waals surface area contributed by atoms with Gasteiger partial charge in [-0.05, 0) is 30.7 Å². The van der Waals surface area contributed by atoms with E-state index in [0.29, 0.717) is 18.5 Å². The van der Waals surface area contributed by atoms with Crippen LogP contribution in [0.3, 0.4) is 0 Å². The summed E-state index contributed by atoms with van der Waals surface area (Å²) in [5, 5.41) is 2.87. The lowest BCUT2D eigenvalue weighted by atomic mass is 10.2. The molecule has 1 amide bonds. The average molecular weight is 280 g/mol. The van der Waals surface area contributed by atoms with E-state index in [1.807, 2.05) is 35.9 Å². The number of imidazole rings is 1. The van der Waals surface area contributed by atoms with Crippen LogP contribution in [0, 0.1) is 6.92 Å². The van der Waals surface area contributed by atoms with Gasteiger partial charge in [-0.2, -0.15) is 0 Å². The largest absolute Gasteiger partial charge is 0.352 e. The highest BCUT2D eigenvalue weighted by Gasteiger charge is 2.06. The minimum Gasteiger partial charge on any atom is -0.352 e. The van der Waals surface area contributed by atoms with Gasteiger partial charge in [0.15, 0.2) is 0 Å². The lowest BCUT2D eigenvalue weighted by Gasteiger charge is -2.02. The maximum absolute atomic E-state index is 11.9. The van der Waals surface area contributed by atoms with E-state index < -0.39 is 0 Å². The Kier molecular flexibility index (Phi) is 3.64. The average Bonchev–Trinajstić information content (AvgIpc) is 2.89. The van der Waals surface area contributed by atoms with Crippen molar-refractivity contribution in [2.45, 2.75) is 13.3 Å². The number of fused-ring (bicyclic) bond motifs is 1. The van der Waals surface area contributed by atoms with Gasteiger partial charge in [0.05, 0.1) is 11.3 Å². The fourth-order valence-electron chi connectivity index (χ4n) is 2.18. The summed E-state index contributed by atoms with van der Waals surface area (Å²) in [7, 11) is 0. The second-order valence-corrected chi connectivity index (χ2v) is 4.95. The minimum atomic E-state index is -0.109. The van der Waals surface area contributed by atoms with E-state index >= 15 is 0 Å². The number of hydrogen-bond donors (Lipinski definition) is 1. The van der Waals surface area contributed by atoms with E-state index in [2.05, 4.69) is 15.3 Å². The highest BCUT2D eigenvalue weighted by atomic mass is 16.1. The normalized spacial score (nSPS) is 10.7. The van der Waals surface area contributed by atoms with Gasteiger partial charge in [-0.15, -0.1) is 0 Å². The third-order valence-corrected chi connectivity index (χ3v) is 3.24. The molecule has 0 radical (unpaired) electrons. The van der Waals surface area contributed by atoms with Crippen LogP contribution in [0.2, 0.25) is 0 Å². The minimum absolute atomic E-state index is 0.109. The molecule has 0 fully saturated rings. The molecule has 0 bridgehead atoms. The molecule has 0 spiro atoms. The zero-order valence-electron chi connectivity index (χ0n) is 11.8. The van der Waals surface area contributed by atoms with E-state index in [9.17, 15) is 4.79 Å². The molecule has 3 heterocycles. The summed E-state index contributed by atoms with van der Waals surface area (Å²) in [5.41, 5.74) is 3.65. The summed E-state index contributed by atoms with van der Waals surface area (Å²) in [6, 6.07) is 7.53. The molecule has 0 aliphatic rings. The third kappa shape index (κ3) is 3.08. The molecule has 0 aliphatic carbocycles. The molecule has 3 rings (SSSR count). The van der Waals surface area contributed by atoms with Crippen molar-refractivity contribution in [3.05, 3.63) is 65.9 Å². The molecule has 0 atom stereocenters. The number of carbonyl (C=O) groups is 1. The first-order valence-electron chi connectivity index (χ1n) is 6.85. The first-order chi connectivity index (χ1) is 10.2. The highest BCUT2D eigenvalue weighted by Crippen LogP contribution is 2.07. The molecule has 0 saturated heterocycles. The van der Waals surface area contributed by atoms with Gasteiger partial charge in [0, 0.05) is 37.8 Å². The van der Waals surface area contributed by atoms with Crippen molar-refractivity contribution in [2.24, 2.45) is 0 Å². The van der Waals surface area contributed by atoms with Gasteiger partial charge < -0.3 is 9.72 Å². The highest BCUT2D eigenvalue weighted by molar-refractivity contribution is 5.93. The zero-order valence-corrected chi connectivity index (χ0v) is 11.8. The van der Waals surface area contributed by atoms with E-state index in [-0.39, 0.29) is 5.91 Å². The van der Waals surface area contributed by atoms with Crippen molar-refractivity contribution in [3.8, 4) is 0 Å². The Morgan fingerprint density at radius 3 is 3.00 bits per heavy atom. The summed E-state index contributed by atoms with van der Waals surface area (Å²) in [6.45, 7) is 2.60.